The van der Waals surface area contributed by atoms with Gasteiger partial charge in [-0.25, -0.2) is 14.4 Å². The number of hydrogen-bond donors (Lipinski definition) is 1. The Hall–Kier alpha value is -3.69. The summed E-state index contributed by atoms with van der Waals surface area (Å²) in [6, 6.07) is 4.65. The largest absolute Gasteiger partial charge is 0.480 e. The standard InChI is InChI=1S/C21H24N2O8/c1-4-16(19(24)25)22-11-14(20(26)30-5-2)18(15(12-22)21(27)31-6-3)13-9-7-8-10-17(13)23(28)29/h7-12,16,18H,4-6H2,1-3H3,(H,24,25). The van der Waals surface area contributed by atoms with Gasteiger partial charge in [-0.1, -0.05) is 25.1 Å². The van der Waals surface area contributed by atoms with Crippen molar-refractivity contribution >= 4 is 23.6 Å². The minimum Gasteiger partial charge on any atom is -0.480 e. The molecule has 166 valence electrons. The van der Waals surface area contributed by atoms with Crippen LogP contribution in [0.3, 0.4) is 0 Å². The van der Waals surface area contributed by atoms with Gasteiger partial charge in [0.25, 0.3) is 5.69 Å². The average molecular weight is 432 g/mol. The predicted molar refractivity (Wildman–Crippen MR) is 109 cm³/mol. The van der Waals surface area contributed by atoms with Gasteiger partial charge in [0.2, 0.25) is 0 Å². The third-order valence-corrected chi connectivity index (χ3v) is 4.70. The molecule has 1 heterocycles. The van der Waals surface area contributed by atoms with Crippen molar-refractivity contribution in [3.05, 3.63) is 63.5 Å². The third-order valence-electron chi connectivity index (χ3n) is 4.70. The number of carboxylic acids is 1. The van der Waals surface area contributed by atoms with Gasteiger partial charge in [0.15, 0.2) is 0 Å². The van der Waals surface area contributed by atoms with Crippen LogP contribution in [-0.2, 0) is 23.9 Å². The molecule has 10 heteroatoms. The van der Waals surface area contributed by atoms with Crippen molar-refractivity contribution in [2.75, 3.05) is 13.2 Å². The molecule has 0 aromatic heterocycles. The fourth-order valence-electron chi connectivity index (χ4n) is 3.37. The van der Waals surface area contributed by atoms with Crippen LogP contribution in [0.15, 0.2) is 47.8 Å². The van der Waals surface area contributed by atoms with E-state index >= 15 is 0 Å². The maximum Gasteiger partial charge on any atom is 0.336 e. The van der Waals surface area contributed by atoms with Gasteiger partial charge in [-0.15, -0.1) is 0 Å². The Morgan fingerprint density at radius 1 is 1.06 bits per heavy atom. The summed E-state index contributed by atoms with van der Waals surface area (Å²) in [5.74, 6) is -3.95. The van der Waals surface area contributed by atoms with E-state index in [9.17, 15) is 29.6 Å². The number of hydrogen-bond acceptors (Lipinski definition) is 8. The quantitative estimate of drug-likeness (QED) is 0.355. The zero-order valence-corrected chi connectivity index (χ0v) is 17.4. The monoisotopic (exact) mass is 432 g/mol. The zero-order valence-electron chi connectivity index (χ0n) is 17.4. The van der Waals surface area contributed by atoms with E-state index < -0.39 is 34.8 Å². The summed E-state index contributed by atoms with van der Waals surface area (Å²) in [5, 5.41) is 21.2. The van der Waals surface area contributed by atoms with E-state index in [4.69, 9.17) is 9.47 Å². The molecule has 0 amide bonds. The molecular formula is C21H24N2O8. The fraction of sp³-hybridized carbons (Fsp3) is 0.381. The predicted octanol–water partition coefficient (Wildman–Crippen LogP) is 2.75. The van der Waals surface area contributed by atoms with Crippen molar-refractivity contribution in [3.63, 3.8) is 0 Å². The maximum atomic E-state index is 12.8. The minimum absolute atomic E-state index is 0.0222. The van der Waals surface area contributed by atoms with Gasteiger partial charge in [0.1, 0.15) is 6.04 Å². The molecule has 1 aliphatic rings. The van der Waals surface area contributed by atoms with Crippen molar-refractivity contribution in [2.45, 2.75) is 39.2 Å². The van der Waals surface area contributed by atoms with Crippen LogP contribution in [0.25, 0.3) is 0 Å². The lowest BCUT2D eigenvalue weighted by Gasteiger charge is -2.32. The Labute approximate surface area is 178 Å². The Kier molecular flexibility index (Phi) is 7.89. The number of carboxylic acid groups (broad SMARTS) is 1. The van der Waals surface area contributed by atoms with Crippen LogP contribution < -0.4 is 0 Å². The smallest absolute Gasteiger partial charge is 0.336 e. The summed E-state index contributed by atoms with van der Waals surface area (Å²) in [5.41, 5.74) is -0.395. The topological polar surface area (TPSA) is 136 Å². The molecule has 1 aromatic rings. The van der Waals surface area contributed by atoms with E-state index in [1.165, 1.54) is 35.5 Å². The van der Waals surface area contributed by atoms with Crippen LogP contribution in [0.5, 0.6) is 0 Å². The minimum atomic E-state index is -1.16. The van der Waals surface area contributed by atoms with Crippen molar-refractivity contribution in [3.8, 4) is 0 Å². The first-order valence-corrected chi connectivity index (χ1v) is 9.77. The van der Waals surface area contributed by atoms with Gasteiger partial charge >= 0.3 is 17.9 Å². The molecule has 1 aliphatic heterocycles. The van der Waals surface area contributed by atoms with E-state index in [-0.39, 0.29) is 42.0 Å². The summed E-state index contributed by atoms with van der Waals surface area (Å²) in [6.07, 6.45) is 2.71. The Balaban J connectivity index is 2.77. The highest BCUT2D eigenvalue weighted by molar-refractivity contribution is 5.99. The zero-order chi connectivity index (χ0) is 23.1. The summed E-state index contributed by atoms with van der Waals surface area (Å²) in [6.45, 7) is 4.87. The molecule has 0 saturated heterocycles. The lowest BCUT2D eigenvalue weighted by atomic mass is 9.82. The molecular weight excluding hydrogens is 408 g/mol. The number of nitro benzene ring substituents is 1. The van der Waals surface area contributed by atoms with Crippen LogP contribution in [0.4, 0.5) is 5.69 Å². The molecule has 1 unspecified atom stereocenters. The van der Waals surface area contributed by atoms with Crippen LogP contribution in [0.1, 0.15) is 38.7 Å². The second kappa shape index (κ2) is 10.4. The van der Waals surface area contributed by atoms with E-state index in [1.807, 2.05) is 0 Å². The summed E-state index contributed by atoms with van der Waals surface area (Å²) >= 11 is 0. The molecule has 0 fully saturated rings. The number of esters is 2. The Morgan fingerprint density at radius 3 is 2.00 bits per heavy atom. The molecule has 31 heavy (non-hydrogen) atoms. The van der Waals surface area contributed by atoms with Gasteiger partial charge in [0.05, 0.1) is 35.2 Å². The molecule has 1 atom stereocenters. The number of rotatable bonds is 9. The molecule has 1 aromatic carbocycles. The number of ether oxygens (including phenoxy) is 2. The average Bonchev–Trinajstić information content (AvgIpc) is 2.73. The molecule has 0 bridgehead atoms. The van der Waals surface area contributed by atoms with E-state index in [0.717, 1.165) is 0 Å². The van der Waals surface area contributed by atoms with Gasteiger partial charge < -0.3 is 19.5 Å². The summed E-state index contributed by atoms with van der Waals surface area (Å²) in [7, 11) is 0. The van der Waals surface area contributed by atoms with Gasteiger partial charge in [0, 0.05) is 24.0 Å². The van der Waals surface area contributed by atoms with Crippen molar-refractivity contribution in [1.82, 2.24) is 4.90 Å². The van der Waals surface area contributed by atoms with E-state index in [2.05, 4.69) is 0 Å². The number of benzene rings is 1. The SMILES string of the molecule is CCOC(=O)C1=CN(C(CC)C(=O)O)C=C(C(=O)OCC)C1c1ccccc1[N+](=O)[O-]. The lowest BCUT2D eigenvalue weighted by Crippen LogP contribution is -2.38. The number of nitrogens with zero attached hydrogens (tertiary/aromatic N) is 2. The molecule has 0 aliphatic carbocycles. The van der Waals surface area contributed by atoms with Crippen molar-refractivity contribution in [2.24, 2.45) is 0 Å². The number of nitro groups is 1. The first-order chi connectivity index (χ1) is 14.8. The second-order valence-corrected chi connectivity index (χ2v) is 6.57. The molecule has 0 radical (unpaired) electrons. The van der Waals surface area contributed by atoms with Gasteiger partial charge in [-0.05, 0) is 20.3 Å². The first kappa shape index (κ1) is 23.6. The molecule has 1 N–H and O–H groups in total. The molecule has 2 rings (SSSR count). The van der Waals surface area contributed by atoms with Crippen LogP contribution in [0.2, 0.25) is 0 Å². The fourth-order valence-corrected chi connectivity index (χ4v) is 3.37. The molecule has 10 nitrogen and oxygen atoms in total. The van der Waals surface area contributed by atoms with Gasteiger partial charge in [-0.3, -0.25) is 10.1 Å². The third kappa shape index (κ3) is 5.08. The van der Waals surface area contributed by atoms with Gasteiger partial charge in [-0.2, -0.15) is 0 Å². The summed E-state index contributed by atoms with van der Waals surface area (Å²) in [4.78, 5) is 49.6. The highest BCUT2D eigenvalue weighted by Crippen LogP contribution is 2.41. The van der Waals surface area contributed by atoms with Crippen LogP contribution in [0, 0.1) is 10.1 Å². The number of carbonyl (C=O) groups is 3. The second-order valence-electron chi connectivity index (χ2n) is 6.57. The number of carbonyl (C=O) groups excluding carboxylic acids is 2. The maximum absolute atomic E-state index is 12.8. The highest BCUT2D eigenvalue weighted by atomic mass is 16.6. The molecule has 0 saturated carbocycles. The Bertz CT molecular complexity index is 901. The first-order valence-electron chi connectivity index (χ1n) is 9.77. The van der Waals surface area contributed by atoms with E-state index in [1.54, 1.807) is 26.8 Å². The van der Waals surface area contributed by atoms with Crippen molar-refractivity contribution in [1.29, 1.82) is 0 Å². The number of para-hydroxylation sites is 1. The highest BCUT2D eigenvalue weighted by Gasteiger charge is 2.40. The van der Waals surface area contributed by atoms with Crippen LogP contribution >= 0.6 is 0 Å². The van der Waals surface area contributed by atoms with E-state index in [0.29, 0.717) is 0 Å². The van der Waals surface area contributed by atoms with Crippen molar-refractivity contribution < 1.29 is 33.9 Å². The Morgan fingerprint density at radius 2 is 1.58 bits per heavy atom. The summed E-state index contributed by atoms with van der Waals surface area (Å²) < 4.78 is 10.2. The van der Waals surface area contributed by atoms with Crippen LogP contribution in [-0.4, -0.2) is 52.1 Å². The normalized spacial score (nSPS) is 14.9. The number of aliphatic carboxylic acids is 1. The molecule has 0 spiro atoms. The lowest BCUT2D eigenvalue weighted by molar-refractivity contribution is -0.385.